The highest BCUT2D eigenvalue weighted by atomic mass is 16.5. The number of carboxylic acids is 1. The molecular weight excluding hydrogens is 618 g/mol. The van der Waals surface area contributed by atoms with Gasteiger partial charge in [-0.2, -0.15) is 0 Å². The van der Waals surface area contributed by atoms with E-state index in [1.54, 1.807) is 14.2 Å². The molecule has 0 bridgehead atoms. The second-order valence-electron chi connectivity index (χ2n) is 16.1. The molecule has 5 rings (SSSR count). The summed E-state index contributed by atoms with van der Waals surface area (Å²) in [4.78, 5) is 12.3. The SMILES string of the molecule is COC1CC(CC[C@H]2C[C@H](O)C[C@H](C3CC(OC)C(O)C(OC[C@H]4N[C@@H](C)CC[C@]4(CC(=O)O)CC4CCNC(N)C4)C3)O2)CCC1O. The molecule has 0 aromatic carbocycles. The van der Waals surface area contributed by atoms with E-state index in [9.17, 15) is 25.2 Å². The number of nitrogens with two attached hydrogens (primary N) is 1. The first-order chi connectivity index (χ1) is 23.0. The number of hydrogen-bond donors (Lipinski definition) is 7. The molecule has 0 radical (unpaired) electrons. The maximum Gasteiger partial charge on any atom is 0.303 e. The molecule has 48 heavy (non-hydrogen) atoms. The van der Waals surface area contributed by atoms with Gasteiger partial charge < -0.3 is 55.7 Å². The Hall–Kier alpha value is -0.930. The molecule has 278 valence electrons. The van der Waals surface area contributed by atoms with Crippen molar-refractivity contribution in [2.45, 2.75) is 170 Å². The molecule has 12 nitrogen and oxygen atoms in total. The van der Waals surface area contributed by atoms with E-state index in [0.29, 0.717) is 44.1 Å². The van der Waals surface area contributed by atoms with Gasteiger partial charge in [-0.1, -0.05) is 0 Å². The minimum atomic E-state index is -0.816. The number of nitrogens with one attached hydrogen (secondary N) is 2. The van der Waals surface area contributed by atoms with Gasteiger partial charge in [0.1, 0.15) is 6.10 Å². The molecule has 15 atom stereocenters. The quantitative estimate of drug-likeness (QED) is 0.151. The molecule has 2 saturated carbocycles. The van der Waals surface area contributed by atoms with Gasteiger partial charge in [0.25, 0.3) is 0 Å². The van der Waals surface area contributed by atoms with Crippen molar-refractivity contribution in [3.05, 3.63) is 0 Å². The number of carbonyl (C=O) groups is 1. The number of aliphatic hydroxyl groups is 3. The standard InChI is InChI=1S/C36H65N3O9/c1-21-8-10-36(19-34(42)43,18-23-9-11-38-33(37)13-23)32(39-21)20-47-31-15-24(14-30(46-3)35(31)44)28-17-25(40)16-26(48-28)6-4-22-5-7-27(41)29(12-22)45-2/h21-33,35,38-41,44H,4-20,37H2,1-3H3,(H,42,43)/t21-,22?,23?,24?,25-,26-,27?,28+,29?,30?,31?,32+,33?,35?,36+/m0/s1. The average molecular weight is 684 g/mol. The van der Waals surface area contributed by atoms with Gasteiger partial charge in [0.15, 0.2) is 0 Å². The fourth-order valence-corrected chi connectivity index (χ4v) is 9.91. The first-order valence-corrected chi connectivity index (χ1v) is 18.8. The van der Waals surface area contributed by atoms with Gasteiger partial charge in [0.2, 0.25) is 0 Å². The topological polar surface area (TPSA) is 185 Å². The largest absolute Gasteiger partial charge is 0.481 e. The van der Waals surface area contributed by atoms with E-state index in [4.69, 9.17) is 24.7 Å². The molecule has 0 spiro atoms. The Morgan fingerprint density at radius 3 is 2.42 bits per heavy atom. The van der Waals surface area contributed by atoms with E-state index >= 15 is 0 Å². The van der Waals surface area contributed by atoms with Crippen molar-refractivity contribution in [1.29, 1.82) is 0 Å². The summed E-state index contributed by atoms with van der Waals surface area (Å²) in [5.41, 5.74) is 5.77. The monoisotopic (exact) mass is 683 g/mol. The number of piperidine rings is 2. The number of carboxylic acid groups (broad SMARTS) is 1. The van der Waals surface area contributed by atoms with Crippen LogP contribution in [0.1, 0.15) is 103 Å². The van der Waals surface area contributed by atoms with Crippen LogP contribution < -0.4 is 16.4 Å². The Labute approximate surface area is 287 Å². The van der Waals surface area contributed by atoms with Crippen molar-refractivity contribution in [3.63, 3.8) is 0 Å². The molecule has 3 saturated heterocycles. The van der Waals surface area contributed by atoms with Crippen molar-refractivity contribution >= 4 is 5.97 Å². The molecule has 9 unspecified atom stereocenters. The van der Waals surface area contributed by atoms with Gasteiger partial charge in [-0.05, 0) is 127 Å². The van der Waals surface area contributed by atoms with Crippen molar-refractivity contribution < 1.29 is 44.2 Å². The molecule has 3 heterocycles. The lowest BCUT2D eigenvalue weighted by Crippen LogP contribution is -2.59. The maximum absolute atomic E-state index is 12.3. The van der Waals surface area contributed by atoms with Crippen LogP contribution in [-0.4, -0.2) is 121 Å². The van der Waals surface area contributed by atoms with E-state index in [2.05, 4.69) is 17.6 Å². The molecule has 8 N–H and O–H groups in total. The van der Waals surface area contributed by atoms with E-state index < -0.39 is 41.9 Å². The maximum atomic E-state index is 12.3. The van der Waals surface area contributed by atoms with Crippen LogP contribution in [0.5, 0.6) is 0 Å². The number of rotatable bonds is 13. The summed E-state index contributed by atoms with van der Waals surface area (Å²) in [7, 11) is 3.28. The third-order valence-electron chi connectivity index (χ3n) is 12.7. The van der Waals surface area contributed by atoms with Gasteiger partial charge in [0, 0.05) is 26.3 Å². The van der Waals surface area contributed by atoms with Gasteiger partial charge >= 0.3 is 5.97 Å². The van der Waals surface area contributed by atoms with Crippen LogP contribution in [-0.2, 0) is 23.7 Å². The molecular formula is C36H65N3O9. The number of aliphatic hydroxyl groups excluding tert-OH is 3. The van der Waals surface area contributed by atoms with Gasteiger partial charge in [-0.3, -0.25) is 4.79 Å². The Bertz CT molecular complexity index is 1010. The fourth-order valence-electron chi connectivity index (χ4n) is 9.91. The predicted octanol–water partition coefficient (Wildman–Crippen LogP) is 2.30. The molecule has 0 aromatic heterocycles. The average Bonchev–Trinajstić information content (AvgIpc) is 3.05. The van der Waals surface area contributed by atoms with Crippen molar-refractivity contribution in [2.24, 2.45) is 28.9 Å². The second-order valence-corrected chi connectivity index (χ2v) is 16.1. The minimum Gasteiger partial charge on any atom is -0.481 e. The first-order valence-electron chi connectivity index (χ1n) is 18.8. The number of methoxy groups -OCH3 is 2. The zero-order valence-corrected chi connectivity index (χ0v) is 29.5. The summed E-state index contributed by atoms with van der Waals surface area (Å²) in [6.45, 7) is 3.28. The minimum absolute atomic E-state index is 0.0433. The molecule has 0 amide bonds. The third-order valence-corrected chi connectivity index (χ3v) is 12.7. The van der Waals surface area contributed by atoms with Crippen LogP contribution in [0.15, 0.2) is 0 Å². The van der Waals surface area contributed by atoms with Crippen LogP contribution in [0.25, 0.3) is 0 Å². The number of hydrogen-bond acceptors (Lipinski definition) is 11. The highest BCUT2D eigenvalue weighted by molar-refractivity contribution is 5.68. The number of aliphatic carboxylic acids is 1. The zero-order chi connectivity index (χ0) is 34.4. The van der Waals surface area contributed by atoms with Gasteiger partial charge in [-0.15, -0.1) is 0 Å². The highest BCUT2D eigenvalue weighted by Crippen LogP contribution is 2.45. The highest BCUT2D eigenvalue weighted by Gasteiger charge is 2.48. The van der Waals surface area contributed by atoms with E-state index in [-0.39, 0.29) is 48.9 Å². The smallest absolute Gasteiger partial charge is 0.303 e. The summed E-state index contributed by atoms with van der Waals surface area (Å²) >= 11 is 0. The molecule has 5 fully saturated rings. The van der Waals surface area contributed by atoms with Crippen LogP contribution in [0.2, 0.25) is 0 Å². The summed E-state index contributed by atoms with van der Waals surface area (Å²) in [5, 5.41) is 49.6. The van der Waals surface area contributed by atoms with Crippen LogP contribution in [0.4, 0.5) is 0 Å². The lowest BCUT2D eigenvalue weighted by Gasteiger charge is -2.49. The van der Waals surface area contributed by atoms with E-state index in [0.717, 1.165) is 70.8 Å². The van der Waals surface area contributed by atoms with Gasteiger partial charge in [-0.25, -0.2) is 0 Å². The molecule has 12 heteroatoms. The van der Waals surface area contributed by atoms with Crippen LogP contribution in [0.3, 0.4) is 0 Å². The summed E-state index contributed by atoms with van der Waals surface area (Å²) in [5.74, 6) is 0.0567. The second kappa shape index (κ2) is 17.5. The Morgan fingerprint density at radius 1 is 0.917 bits per heavy atom. The third kappa shape index (κ3) is 9.89. The molecule has 0 aromatic rings. The van der Waals surface area contributed by atoms with Crippen LogP contribution >= 0.6 is 0 Å². The molecule has 2 aliphatic carbocycles. The predicted molar refractivity (Wildman–Crippen MR) is 180 cm³/mol. The molecule has 5 aliphatic rings. The van der Waals surface area contributed by atoms with Crippen LogP contribution in [0, 0.1) is 23.2 Å². The van der Waals surface area contributed by atoms with Crippen molar-refractivity contribution in [3.8, 4) is 0 Å². The van der Waals surface area contributed by atoms with E-state index in [1.807, 2.05) is 0 Å². The summed E-state index contributed by atoms with van der Waals surface area (Å²) in [6.07, 6.45) is 8.13. The van der Waals surface area contributed by atoms with E-state index in [1.165, 1.54) is 0 Å². The summed E-state index contributed by atoms with van der Waals surface area (Å²) in [6, 6.07) is 0.0624. The normalized spacial score (nSPS) is 45.9. The van der Waals surface area contributed by atoms with Crippen molar-refractivity contribution in [1.82, 2.24) is 10.6 Å². The first kappa shape index (κ1) is 38.3. The zero-order valence-electron chi connectivity index (χ0n) is 29.5. The van der Waals surface area contributed by atoms with Gasteiger partial charge in [0.05, 0.1) is 61.9 Å². The van der Waals surface area contributed by atoms with Crippen molar-refractivity contribution in [2.75, 3.05) is 27.4 Å². The summed E-state index contributed by atoms with van der Waals surface area (Å²) < 4.78 is 24.6. The Balaban J connectivity index is 1.23. The number of ether oxygens (including phenoxy) is 4. The Kier molecular flexibility index (Phi) is 14.0. The lowest BCUT2D eigenvalue weighted by molar-refractivity contribution is -0.181. The molecule has 3 aliphatic heterocycles. The Morgan fingerprint density at radius 2 is 1.69 bits per heavy atom. The fraction of sp³-hybridized carbons (Fsp3) is 0.972. The lowest BCUT2D eigenvalue weighted by atomic mass is 9.64.